The Kier molecular flexibility index (Phi) is 3.78. The number of nitrogens with zero attached hydrogens (tertiary/aromatic N) is 3. The second kappa shape index (κ2) is 6.09. The molecule has 7 nitrogen and oxygen atoms in total. The summed E-state index contributed by atoms with van der Waals surface area (Å²) >= 11 is 0. The summed E-state index contributed by atoms with van der Waals surface area (Å²) in [5.74, 6) is 0.997. The van der Waals surface area contributed by atoms with E-state index in [1.54, 1.807) is 11.8 Å². The van der Waals surface area contributed by atoms with Crippen LogP contribution in [0.15, 0.2) is 34.9 Å². The predicted octanol–water partition coefficient (Wildman–Crippen LogP) is 2.00. The SMILES string of the molecule is Cc1nnc([C@@H]2CN(C(=O)Cc3c[nH]c4ccccc34)CCO2)o1. The van der Waals surface area contributed by atoms with Crippen molar-refractivity contribution in [2.45, 2.75) is 19.4 Å². The molecule has 0 saturated carbocycles. The van der Waals surface area contributed by atoms with Gasteiger partial charge in [0, 0.05) is 30.6 Å². The van der Waals surface area contributed by atoms with Crippen LogP contribution < -0.4 is 0 Å². The number of benzene rings is 1. The Hall–Kier alpha value is -2.67. The summed E-state index contributed by atoms with van der Waals surface area (Å²) in [7, 11) is 0. The van der Waals surface area contributed by atoms with Crippen LogP contribution in [-0.2, 0) is 16.0 Å². The molecule has 1 atom stereocenters. The number of aryl methyl sites for hydroxylation is 1. The summed E-state index contributed by atoms with van der Waals surface area (Å²) < 4.78 is 11.1. The number of para-hydroxylation sites is 1. The highest BCUT2D eigenvalue weighted by Crippen LogP contribution is 2.23. The van der Waals surface area contributed by atoms with Crippen LogP contribution in [0.3, 0.4) is 0 Å². The maximum Gasteiger partial charge on any atom is 0.246 e. The van der Waals surface area contributed by atoms with Crippen molar-refractivity contribution < 1.29 is 13.9 Å². The van der Waals surface area contributed by atoms with Gasteiger partial charge in [-0.25, -0.2) is 0 Å². The second-order valence-electron chi connectivity index (χ2n) is 5.89. The molecule has 0 unspecified atom stereocenters. The number of carbonyl (C=O) groups excluding carboxylic acids is 1. The van der Waals surface area contributed by atoms with Crippen molar-refractivity contribution >= 4 is 16.8 Å². The van der Waals surface area contributed by atoms with Gasteiger partial charge in [0.05, 0.1) is 19.6 Å². The van der Waals surface area contributed by atoms with Gasteiger partial charge in [-0.2, -0.15) is 0 Å². The molecular weight excluding hydrogens is 308 g/mol. The van der Waals surface area contributed by atoms with Crippen LogP contribution in [0.25, 0.3) is 10.9 Å². The summed E-state index contributed by atoms with van der Waals surface area (Å²) in [6, 6.07) is 7.99. The summed E-state index contributed by atoms with van der Waals surface area (Å²) in [5, 5.41) is 8.90. The number of aromatic amines is 1. The molecule has 2 aromatic heterocycles. The smallest absolute Gasteiger partial charge is 0.246 e. The third kappa shape index (κ3) is 2.78. The molecule has 1 aromatic carbocycles. The van der Waals surface area contributed by atoms with Gasteiger partial charge in [0.25, 0.3) is 0 Å². The number of nitrogens with one attached hydrogen (secondary N) is 1. The molecule has 0 bridgehead atoms. The fraction of sp³-hybridized carbons (Fsp3) is 0.353. The number of hydrogen-bond acceptors (Lipinski definition) is 5. The minimum atomic E-state index is -0.355. The number of carbonyl (C=O) groups is 1. The van der Waals surface area contributed by atoms with E-state index < -0.39 is 0 Å². The number of H-pyrrole nitrogens is 1. The largest absolute Gasteiger partial charge is 0.423 e. The van der Waals surface area contributed by atoms with Gasteiger partial charge in [-0.3, -0.25) is 4.79 Å². The van der Waals surface area contributed by atoms with Crippen LogP contribution in [0.5, 0.6) is 0 Å². The maximum atomic E-state index is 12.7. The van der Waals surface area contributed by atoms with Gasteiger partial charge < -0.3 is 19.0 Å². The van der Waals surface area contributed by atoms with E-state index in [1.165, 1.54) is 0 Å². The van der Waals surface area contributed by atoms with E-state index in [0.29, 0.717) is 37.9 Å². The Balaban J connectivity index is 1.48. The van der Waals surface area contributed by atoms with E-state index in [0.717, 1.165) is 16.5 Å². The van der Waals surface area contributed by atoms with Gasteiger partial charge in [0.15, 0.2) is 6.10 Å². The summed E-state index contributed by atoms with van der Waals surface area (Å²) in [6.07, 6.45) is 1.91. The van der Waals surface area contributed by atoms with Crippen molar-refractivity contribution in [3.05, 3.63) is 47.8 Å². The standard InChI is InChI=1S/C17H18N4O3/c1-11-19-20-17(24-11)15-10-21(6-7-23-15)16(22)8-12-9-18-14-5-3-2-4-13(12)14/h2-5,9,15,18H,6-8,10H2,1H3/t15-/m0/s1. The van der Waals surface area contributed by atoms with Crippen LogP contribution in [-0.4, -0.2) is 45.7 Å². The third-order valence-electron chi connectivity index (χ3n) is 4.25. The van der Waals surface area contributed by atoms with Crippen LogP contribution in [0.2, 0.25) is 0 Å². The molecule has 0 radical (unpaired) electrons. The zero-order chi connectivity index (χ0) is 16.5. The van der Waals surface area contributed by atoms with Crippen LogP contribution in [0, 0.1) is 6.92 Å². The number of morpholine rings is 1. The normalized spacial score (nSPS) is 18.2. The molecule has 0 aliphatic carbocycles. The van der Waals surface area contributed by atoms with E-state index in [-0.39, 0.29) is 12.0 Å². The van der Waals surface area contributed by atoms with Crippen LogP contribution >= 0.6 is 0 Å². The highest BCUT2D eigenvalue weighted by Gasteiger charge is 2.29. The van der Waals surface area contributed by atoms with Gasteiger partial charge in [0.1, 0.15) is 0 Å². The lowest BCUT2D eigenvalue weighted by Gasteiger charge is -2.31. The van der Waals surface area contributed by atoms with Crippen LogP contribution in [0.1, 0.15) is 23.4 Å². The average Bonchev–Trinajstić information content (AvgIpc) is 3.22. The fourth-order valence-electron chi connectivity index (χ4n) is 3.02. The molecule has 1 aliphatic rings. The van der Waals surface area contributed by atoms with Crippen molar-refractivity contribution in [1.82, 2.24) is 20.1 Å². The summed E-state index contributed by atoms with van der Waals surface area (Å²) in [5.41, 5.74) is 2.05. The zero-order valence-electron chi connectivity index (χ0n) is 13.4. The zero-order valence-corrected chi connectivity index (χ0v) is 13.4. The first-order valence-electron chi connectivity index (χ1n) is 7.95. The number of hydrogen-bond donors (Lipinski definition) is 1. The number of amides is 1. The quantitative estimate of drug-likeness (QED) is 0.796. The Morgan fingerprint density at radius 2 is 2.25 bits per heavy atom. The van der Waals surface area contributed by atoms with Gasteiger partial charge >= 0.3 is 0 Å². The molecule has 0 spiro atoms. The molecule has 1 amide bonds. The van der Waals surface area contributed by atoms with E-state index in [1.807, 2.05) is 30.5 Å². The highest BCUT2D eigenvalue weighted by molar-refractivity contribution is 5.88. The molecule has 7 heteroatoms. The van der Waals surface area contributed by atoms with Crippen molar-refractivity contribution in [2.75, 3.05) is 19.7 Å². The van der Waals surface area contributed by atoms with Crippen molar-refractivity contribution in [3.8, 4) is 0 Å². The van der Waals surface area contributed by atoms with Gasteiger partial charge in [0.2, 0.25) is 17.7 Å². The first-order chi connectivity index (χ1) is 11.7. The lowest BCUT2D eigenvalue weighted by molar-refractivity contribution is -0.139. The molecule has 1 fully saturated rings. The minimum absolute atomic E-state index is 0.0734. The van der Waals surface area contributed by atoms with E-state index >= 15 is 0 Å². The highest BCUT2D eigenvalue weighted by atomic mass is 16.5. The predicted molar refractivity (Wildman–Crippen MR) is 86.3 cm³/mol. The van der Waals surface area contributed by atoms with Crippen molar-refractivity contribution in [1.29, 1.82) is 0 Å². The Bertz CT molecular complexity index is 869. The first-order valence-corrected chi connectivity index (χ1v) is 7.95. The van der Waals surface area contributed by atoms with E-state index in [9.17, 15) is 4.79 Å². The van der Waals surface area contributed by atoms with Crippen molar-refractivity contribution in [2.24, 2.45) is 0 Å². The second-order valence-corrected chi connectivity index (χ2v) is 5.89. The number of fused-ring (bicyclic) bond motifs is 1. The molecule has 124 valence electrons. The van der Waals surface area contributed by atoms with Crippen molar-refractivity contribution in [3.63, 3.8) is 0 Å². The maximum absolute atomic E-state index is 12.7. The van der Waals surface area contributed by atoms with Crippen LogP contribution in [0.4, 0.5) is 0 Å². The summed E-state index contributed by atoms with van der Waals surface area (Å²) in [6.45, 7) is 3.21. The van der Waals surface area contributed by atoms with Gasteiger partial charge in [-0.1, -0.05) is 18.2 Å². The molecular formula is C17H18N4O3. The topological polar surface area (TPSA) is 84.2 Å². The third-order valence-corrected chi connectivity index (χ3v) is 4.25. The minimum Gasteiger partial charge on any atom is -0.423 e. The Morgan fingerprint density at radius 1 is 1.38 bits per heavy atom. The Labute approximate surface area is 138 Å². The lowest BCUT2D eigenvalue weighted by Crippen LogP contribution is -2.43. The molecule has 4 rings (SSSR count). The average molecular weight is 326 g/mol. The lowest BCUT2D eigenvalue weighted by atomic mass is 10.1. The summed E-state index contributed by atoms with van der Waals surface area (Å²) in [4.78, 5) is 17.7. The molecule has 1 N–H and O–H groups in total. The molecule has 3 heterocycles. The first kappa shape index (κ1) is 14.9. The molecule has 1 saturated heterocycles. The van der Waals surface area contributed by atoms with Gasteiger partial charge in [-0.15, -0.1) is 10.2 Å². The number of ether oxygens (including phenoxy) is 1. The molecule has 1 aliphatic heterocycles. The number of rotatable bonds is 3. The van der Waals surface area contributed by atoms with E-state index in [2.05, 4.69) is 15.2 Å². The Morgan fingerprint density at radius 3 is 3.08 bits per heavy atom. The van der Waals surface area contributed by atoms with E-state index in [4.69, 9.17) is 9.15 Å². The van der Waals surface area contributed by atoms with Gasteiger partial charge in [-0.05, 0) is 11.6 Å². The number of aromatic nitrogens is 3. The molecule has 3 aromatic rings. The fourth-order valence-corrected chi connectivity index (χ4v) is 3.02. The molecule has 24 heavy (non-hydrogen) atoms. The monoisotopic (exact) mass is 326 g/mol.